The summed E-state index contributed by atoms with van der Waals surface area (Å²) < 4.78 is 0. The molecule has 3 N–H and O–H groups in total. The fourth-order valence-electron chi connectivity index (χ4n) is 2.48. The summed E-state index contributed by atoms with van der Waals surface area (Å²) in [6.07, 6.45) is 0. The molecule has 102 valence electrons. The summed E-state index contributed by atoms with van der Waals surface area (Å²) in [5.41, 5.74) is 4.90. The number of hydrogen-bond donors (Lipinski definition) is 3. The molecule has 1 aromatic carbocycles. The molecule has 0 atom stereocenters. The lowest BCUT2D eigenvalue weighted by atomic mass is 10.1. The van der Waals surface area contributed by atoms with Crippen molar-refractivity contribution in [2.45, 2.75) is 20.8 Å². The average molecular weight is 268 g/mol. The summed E-state index contributed by atoms with van der Waals surface area (Å²) in [7, 11) is 0. The third-order valence-electron chi connectivity index (χ3n) is 3.49. The topological polar surface area (TPSA) is 73.6 Å². The number of benzene rings is 1. The molecule has 20 heavy (non-hydrogen) atoms. The van der Waals surface area contributed by atoms with E-state index in [4.69, 9.17) is 0 Å². The molecule has 2 aromatic heterocycles. The van der Waals surface area contributed by atoms with Gasteiger partial charge in [-0.15, -0.1) is 0 Å². The monoisotopic (exact) mass is 268 g/mol. The van der Waals surface area contributed by atoms with E-state index in [1.165, 1.54) is 0 Å². The third-order valence-corrected chi connectivity index (χ3v) is 3.49. The Bertz CT molecular complexity index is 778. The van der Waals surface area contributed by atoms with Gasteiger partial charge in [0.05, 0.1) is 22.6 Å². The first-order chi connectivity index (χ1) is 9.58. The van der Waals surface area contributed by atoms with Gasteiger partial charge in [-0.2, -0.15) is 5.10 Å². The van der Waals surface area contributed by atoms with Crippen LogP contribution in [0.25, 0.3) is 10.9 Å². The Labute approximate surface area is 116 Å². The van der Waals surface area contributed by atoms with Crippen LogP contribution in [0.3, 0.4) is 0 Å². The first-order valence-corrected chi connectivity index (χ1v) is 6.48. The Kier molecular flexibility index (Phi) is 2.82. The largest absolute Gasteiger partial charge is 0.358 e. The quantitative estimate of drug-likeness (QED) is 0.668. The Morgan fingerprint density at radius 1 is 1.15 bits per heavy atom. The Morgan fingerprint density at radius 2 is 1.90 bits per heavy atom. The van der Waals surface area contributed by atoms with Gasteiger partial charge in [0.2, 0.25) is 0 Å². The second-order valence-electron chi connectivity index (χ2n) is 4.93. The van der Waals surface area contributed by atoms with Crippen LogP contribution >= 0.6 is 0 Å². The van der Waals surface area contributed by atoms with Crippen LogP contribution in [0.4, 0.5) is 5.69 Å². The second-order valence-corrected chi connectivity index (χ2v) is 4.93. The Morgan fingerprint density at radius 3 is 2.60 bits per heavy atom. The molecule has 2 heterocycles. The highest BCUT2D eigenvalue weighted by Crippen LogP contribution is 2.24. The number of rotatable bonds is 2. The van der Waals surface area contributed by atoms with E-state index >= 15 is 0 Å². The summed E-state index contributed by atoms with van der Waals surface area (Å²) in [5, 5.41) is 10.8. The van der Waals surface area contributed by atoms with Crippen molar-refractivity contribution in [2.24, 2.45) is 0 Å². The Balaban J connectivity index is 2.03. The summed E-state index contributed by atoms with van der Waals surface area (Å²) >= 11 is 0. The summed E-state index contributed by atoms with van der Waals surface area (Å²) in [6, 6.07) is 7.79. The number of carbonyl (C=O) groups is 1. The van der Waals surface area contributed by atoms with Crippen molar-refractivity contribution in [3.8, 4) is 0 Å². The first-order valence-electron chi connectivity index (χ1n) is 6.48. The van der Waals surface area contributed by atoms with Gasteiger partial charge in [0, 0.05) is 16.6 Å². The molecular formula is C15H16N4O. The van der Waals surface area contributed by atoms with E-state index < -0.39 is 0 Å². The van der Waals surface area contributed by atoms with Gasteiger partial charge in [0.15, 0.2) is 0 Å². The summed E-state index contributed by atoms with van der Waals surface area (Å²) in [5.74, 6) is -0.118. The highest BCUT2D eigenvalue weighted by atomic mass is 16.1. The van der Waals surface area contributed by atoms with Crippen LogP contribution < -0.4 is 5.32 Å². The second kappa shape index (κ2) is 4.52. The number of aromatic amines is 2. The van der Waals surface area contributed by atoms with Crippen LogP contribution in [0, 0.1) is 20.8 Å². The molecule has 3 rings (SSSR count). The van der Waals surface area contributed by atoms with Crippen LogP contribution in [0.15, 0.2) is 24.3 Å². The number of fused-ring (bicyclic) bond motifs is 1. The van der Waals surface area contributed by atoms with Crippen molar-refractivity contribution in [3.63, 3.8) is 0 Å². The van der Waals surface area contributed by atoms with Crippen molar-refractivity contribution in [2.75, 3.05) is 5.32 Å². The minimum atomic E-state index is -0.118. The maximum Gasteiger partial charge on any atom is 0.258 e. The molecule has 3 aromatic rings. The van der Waals surface area contributed by atoms with E-state index in [0.717, 1.165) is 33.7 Å². The maximum atomic E-state index is 12.5. The van der Waals surface area contributed by atoms with Crippen molar-refractivity contribution in [3.05, 3.63) is 46.9 Å². The number of nitrogens with one attached hydrogen (secondary N) is 3. The number of amides is 1. The fraction of sp³-hybridized carbons (Fsp3) is 0.200. The van der Waals surface area contributed by atoms with Gasteiger partial charge in [0.25, 0.3) is 5.91 Å². The molecule has 0 unspecified atom stereocenters. The molecule has 0 radical (unpaired) electrons. The van der Waals surface area contributed by atoms with Gasteiger partial charge in [-0.05, 0) is 26.8 Å². The van der Waals surface area contributed by atoms with Crippen LogP contribution in [0.2, 0.25) is 0 Å². The number of H-pyrrole nitrogens is 2. The lowest BCUT2D eigenvalue weighted by Gasteiger charge is -2.05. The maximum absolute atomic E-state index is 12.5. The molecule has 1 amide bonds. The zero-order chi connectivity index (χ0) is 14.3. The zero-order valence-corrected chi connectivity index (χ0v) is 11.7. The van der Waals surface area contributed by atoms with Crippen molar-refractivity contribution in [1.29, 1.82) is 0 Å². The van der Waals surface area contributed by atoms with E-state index in [1.807, 2.05) is 45.0 Å². The van der Waals surface area contributed by atoms with Gasteiger partial charge in [-0.3, -0.25) is 9.89 Å². The molecule has 5 heteroatoms. The number of anilines is 1. The predicted molar refractivity (Wildman–Crippen MR) is 79.1 cm³/mol. The van der Waals surface area contributed by atoms with Crippen molar-refractivity contribution >= 4 is 22.5 Å². The predicted octanol–water partition coefficient (Wildman–Crippen LogP) is 3.07. The molecule has 0 aliphatic rings. The normalized spacial score (nSPS) is 10.9. The summed E-state index contributed by atoms with van der Waals surface area (Å²) in [6.45, 7) is 5.66. The number of hydrogen-bond acceptors (Lipinski definition) is 2. The standard InChI is InChI=1S/C15H16N4O/c1-8-13(11-6-4-5-7-12(11)16-8)15(20)17-14-9(2)18-19-10(14)3/h4-7,16H,1-3H3,(H,17,20)(H,18,19). The minimum absolute atomic E-state index is 0.118. The molecule has 0 aliphatic heterocycles. The molecule has 0 aliphatic carbocycles. The fourth-order valence-corrected chi connectivity index (χ4v) is 2.48. The van der Waals surface area contributed by atoms with Crippen LogP contribution in [0.5, 0.6) is 0 Å². The molecule has 0 fully saturated rings. The zero-order valence-electron chi connectivity index (χ0n) is 11.7. The lowest BCUT2D eigenvalue weighted by Crippen LogP contribution is -2.13. The highest BCUT2D eigenvalue weighted by Gasteiger charge is 2.18. The van der Waals surface area contributed by atoms with Gasteiger partial charge >= 0.3 is 0 Å². The minimum Gasteiger partial charge on any atom is -0.358 e. The number of nitrogens with zero attached hydrogens (tertiary/aromatic N) is 1. The number of aryl methyl sites for hydroxylation is 3. The molecule has 0 saturated carbocycles. The average Bonchev–Trinajstić information content (AvgIpc) is 2.91. The first kappa shape index (κ1) is 12.5. The number of carbonyl (C=O) groups excluding carboxylic acids is 1. The van der Waals surface area contributed by atoms with E-state index in [-0.39, 0.29) is 5.91 Å². The van der Waals surface area contributed by atoms with Gasteiger partial charge in [-0.1, -0.05) is 18.2 Å². The summed E-state index contributed by atoms with van der Waals surface area (Å²) in [4.78, 5) is 15.8. The SMILES string of the molecule is Cc1n[nH]c(C)c1NC(=O)c1c(C)[nH]c2ccccc12. The smallest absolute Gasteiger partial charge is 0.258 e. The third kappa shape index (κ3) is 1.87. The van der Waals surface area contributed by atoms with Crippen LogP contribution in [0.1, 0.15) is 27.4 Å². The molecular weight excluding hydrogens is 252 g/mol. The van der Waals surface area contributed by atoms with Crippen molar-refractivity contribution in [1.82, 2.24) is 15.2 Å². The van der Waals surface area contributed by atoms with E-state index in [0.29, 0.717) is 5.56 Å². The molecule has 0 saturated heterocycles. The number of aromatic nitrogens is 3. The van der Waals surface area contributed by atoms with Crippen LogP contribution in [-0.2, 0) is 0 Å². The van der Waals surface area contributed by atoms with E-state index in [2.05, 4.69) is 20.5 Å². The molecule has 5 nitrogen and oxygen atoms in total. The van der Waals surface area contributed by atoms with E-state index in [1.54, 1.807) is 0 Å². The van der Waals surface area contributed by atoms with Gasteiger partial charge in [-0.25, -0.2) is 0 Å². The lowest BCUT2D eigenvalue weighted by molar-refractivity contribution is 0.102. The Hall–Kier alpha value is -2.56. The molecule has 0 bridgehead atoms. The molecule has 0 spiro atoms. The van der Waals surface area contributed by atoms with Gasteiger partial charge in [0.1, 0.15) is 0 Å². The number of para-hydroxylation sites is 1. The van der Waals surface area contributed by atoms with E-state index in [9.17, 15) is 4.79 Å². The van der Waals surface area contributed by atoms with Gasteiger partial charge < -0.3 is 10.3 Å². The van der Waals surface area contributed by atoms with Crippen LogP contribution in [-0.4, -0.2) is 21.1 Å². The highest BCUT2D eigenvalue weighted by molar-refractivity contribution is 6.14. The van der Waals surface area contributed by atoms with Crippen molar-refractivity contribution < 1.29 is 4.79 Å².